The lowest BCUT2D eigenvalue weighted by atomic mass is 10.3. The van der Waals surface area contributed by atoms with Crippen LogP contribution in [0.5, 0.6) is 0 Å². The Morgan fingerprint density at radius 3 is 1.47 bits per heavy atom. The quantitative estimate of drug-likeness (QED) is 0.643. The molecule has 106 valence electrons. The highest BCUT2D eigenvalue weighted by molar-refractivity contribution is 7.85. The van der Waals surface area contributed by atoms with E-state index < -0.39 is 28.6 Å². The number of alkyl halides is 7. The lowest BCUT2D eigenvalue weighted by Crippen LogP contribution is -2.42. The van der Waals surface area contributed by atoms with E-state index in [1.807, 2.05) is 0 Å². The van der Waals surface area contributed by atoms with Gasteiger partial charge in [0, 0.05) is 0 Å². The summed E-state index contributed by atoms with van der Waals surface area (Å²) in [6.45, 7) is 1.69. The van der Waals surface area contributed by atoms with E-state index in [9.17, 15) is 39.2 Å². The second-order valence-corrected chi connectivity index (χ2v) is 4.28. The van der Waals surface area contributed by atoms with E-state index in [1.54, 1.807) is 6.92 Å². The third kappa shape index (κ3) is 8.18. The third-order valence-corrected chi connectivity index (χ3v) is 2.04. The molecular formula is C6H9F7O3S. The molecule has 0 radical (unpaired) electrons. The van der Waals surface area contributed by atoms with Crippen LogP contribution in [0, 0.1) is 0 Å². The van der Waals surface area contributed by atoms with Gasteiger partial charge in [-0.05, 0) is 6.42 Å². The van der Waals surface area contributed by atoms with E-state index in [0.717, 1.165) is 0 Å². The van der Waals surface area contributed by atoms with Gasteiger partial charge < -0.3 is 0 Å². The van der Waals surface area contributed by atoms with E-state index in [2.05, 4.69) is 0 Å². The summed E-state index contributed by atoms with van der Waals surface area (Å²) in [5.74, 6) is -6.03. The largest absolute Gasteiger partial charge is 0.459 e. The smallest absolute Gasteiger partial charge is 0.286 e. The topological polar surface area (TPSA) is 54.4 Å². The number of hydrogen-bond donors (Lipinski definition) is 1. The zero-order chi connectivity index (χ0) is 14.5. The van der Waals surface area contributed by atoms with Crippen molar-refractivity contribution in [3.63, 3.8) is 0 Å². The van der Waals surface area contributed by atoms with Gasteiger partial charge in [0.1, 0.15) is 0 Å². The highest BCUT2D eigenvalue weighted by atomic mass is 32.2. The molecule has 0 aromatic carbocycles. The maximum absolute atomic E-state index is 11.2. The minimum absolute atomic E-state index is 0.132. The first kappa shape index (κ1) is 18.8. The third-order valence-electron chi connectivity index (χ3n) is 1.11. The molecule has 0 aromatic heterocycles. The molecule has 0 saturated heterocycles. The molecule has 17 heavy (non-hydrogen) atoms. The Morgan fingerprint density at radius 1 is 1.12 bits per heavy atom. The predicted octanol–water partition coefficient (Wildman–Crippen LogP) is 2.73. The zero-order valence-electron chi connectivity index (χ0n) is 8.31. The van der Waals surface area contributed by atoms with Crippen LogP contribution in [-0.4, -0.2) is 37.2 Å². The van der Waals surface area contributed by atoms with Crippen LogP contribution in [0.3, 0.4) is 0 Å². The van der Waals surface area contributed by atoms with Crippen LogP contribution in [-0.2, 0) is 10.1 Å². The summed E-state index contributed by atoms with van der Waals surface area (Å²) in [7, 11) is -3.67. The average molecular weight is 294 g/mol. The molecule has 0 aliphatic heterocycles. The molecule has 0 aliphatic carbocycles. The van der Waals surface area contributed by atoms with E-state index in [0.29, 0.717) is 6.42 Å². The summed E-state index contributed by atoms with van der Waals surface area (Å²) in [6.07, 6.45) is -10.4. The van der Waals surface area contributed by atoms with Crippen molar-refractivity contribution in [3.8, 4) is 0 Å². The van der Waals surface area contributed by atoms with Gasteiger partial charge in [0.2, 0.25) is 0 Å². The highest BCUT2D eigenvalue weighted by Crippen LogP contribution is 2.39. The first-order valence-electron chi connectivity index (χ1n) is 3.93. The minimum atomic E-state index is -6.17. The summed E-state index contributed by atoms with van der Waals surface area (Å²) in [4.78, 5) is 0. The van der Waals surface area contributed by atoms with Crippen LogP contribution in [0.2, 0.25) is 0 Å². The van der Waals surface area contributed by atoms with Crippen LogP contribution >= 0.6 is 0 Å². The molecule has 0 heterocycles. The fourth-order valence-electron chi connectivity index (χ4n) is 0.382. The molecule has 0 amide bonds. The first-order valence-corrected chi connectivity index (χ1v) is 5.54. The van der Waals surface area contributed by atoms with Crippen molar-refractivity contribution in [1.29, 1.82) is 0 Å². The van der Waals surface area contributed by atoms with Crippen LogP contribution in [0.25, 0.3) is 0 Å². The fourth-order valence-corrected chi connectivity index (χ4v) is 0.898. The van der Waals surface area contributed by atoms with E-state index in [1.165, 1.54) is 0 Å². The van der Waals surface area contributed by atoms with Gasteiger partial charge in [-0.2, -0.15) is 30.4 Å². The molecule has 11 heteroatoms. The highest BCUT2D eigenvalue weighted by Gasteiger charge is 2.64. The summed E-state index contributed by atoms with van der Waals surface area (Å²) in [6, 6.07) is 0. The van der Waals surface area contributed by atoms with Gasteiger partial charge in [-0.15, -0.1) is 0 Å². The summed E-state index contributed by atoms with van der Waals surface area (Å²) in [5.41, 5.74) is 0. The maximum atomic E-state index is 11.2. The SMILES string of the molecule is CCCS(=O)(=O)O.FC(F)C(F)(F)C(F)(F)F. The molecule has 1 N–H and O–H groups in total. The fraction of sp³-hybridized carbons (Fsp3) is 1.00. The Hall–Kier alpha value is -0.580. The molecule has 0 unspecified atom stereocenters. The molecule has 0 fully saturated rings. The van der Waals surface area contributed by atoms with E-state index in [4.69, 9.17) is 4.55 Å². The Labute approximate surface area is 92.4 Å². The standard InChI is InChI=1S/C3HF7.C3H8O3S/c4-1(5)2(6,7)3(8,9)10;1-2-3-7(4,5)6/h1H;2-3H2,1H3,(H,4,5,6). The molecular weight excluding hydrogens is 285 g/mol. The van der Waals surface area contributed by atoms with E-state index in [-0.39, 0.29) is 5.75 Å². The molecule has 3 nitrogen and oxygen atoms in total. The second-order valence-electron chi connectivity index (χ2n) is 2.71. The number of rotatable bonds is 3. The van der Waals surface area contributed by atoms with Crippen molar-refractivity contribution in [3.05, 3.63) is 0 Å². The molecule has 0 bridgehead atoms. The van der Waals surface area contributed by atoms with Crippen LogP contribution in [0.1, 0.15) is 13.3 Å². The number of halogens is 7. The van der Waals surface area contributed by atoms with Crippen molar-refractivity contribution in [2.75, 3.05) is 5.75 Å². The molecule has 0 rings (SSSR count). The lowest BCUT2D eigenvalue weighted by molar-refractivity contribution is -0.320. The second kappa shape index (κ2) is 6.38. The monoisotopic (exact) mass is 294 g/mol. The van der Waals surface area contributed by atoms with Gasteiger partial charge in [-0.1, -0.05) is 6.92 Å². The number of hydrogen-bond acceptors (Lipinski definition) is 2. The Kier molecular flexibility index (Phi) is 7.05. The van der Waals surface area contributed by atoms with Gasteiger partial charge in [-0.25, -0.2) is 8.78 Å². The molecule has 0 atom stereocenters. The normalized spacial score (nSPS) is 13.3. The molecule has 0 aliphatic rings. The zero-order valence-corrected chi connectivity index (χ0v) is 9.13. The minimum Gasteiger partial charge on any atom is -0.286 e. The summed E-state index contributed by atoms with van der Waals surface area (Å²) < 4.78 is 104. The lowest BCUT2D eigenvalue weighted by Gasteiger charge is -2.17. The van der Waals surface area contributed by atoms with Crippen molar-refractivity contribution in [2.45, 2.75) is 31.9 Å². The van der Waals surface area contributed by atoms with Crippen molar-refractivity contribution in [2.24, 2.45) is 0 Å². The molecule has 0 saturated carbocycles. The van der Waals surface area contributed by atoms with Crippen LogP contribution in [0.4, 0.5) is 30.7 Å². The molecule has 0 aromatic rings. The van der Waals surface area contributed by atoms with Gasteiger partial charge in [-0.3, -0.25) is 4.55 Å². The summed E-state index contributed by atoms with van der Waals surface area (Å²) in [5, 5.41) is 0. The van der Waals surface area contributed by atoms with Crippen LogP contribution in [0.15, 0.2) is 0 Å². The van der Waals surface area contributed by atoms with Crippen molar-refractivity contribution in [1.82, 2.24) is 0 Å². The van der Waals surface area contributed by atoms with E-state index >= 15 is 0 Å². The molecule has 0 spiro atoms. The maximum Gasteiger partial charge on any atom is 0.459 e. The van der Waals surface area contributed by atoms with Gasteiger partial charge >= 0.3 is 18.5 Å². The predicted molar refractivity (Wildman–Crippen MR) is 43.7 cm³/mol. The van der Waals surface area contributed by atoms with Crippen molar-refractivity contribution < 1.29 is 43.7 Å². The average Bonchev–Trinajstić information content (AvgIpc) is 2.00. The van der Waals surface area contributed by atoms with Gasteiger partial charge in [0.05, 0.1) is 5.75 Å². The van der Waals surface area contributed by atoms with Crippen LogP contribution < -0.4 is 0 Å². The Balaban J connectivity index is 0. The van der Waals surface area contributed by atoms with Crippen molar-refractivity contribution >= 4 is 10.1 Å². The van der Waals surface area contributed by atoms with Gasteiger partial charge in [0.15, 0.2) is 0 Å². The Morgan fingerprint density at radius 2 is 1.47 bits per heavy atom. The Bertz CT molecular complexity index is 308. The summed E-state index contributed by atoms with van der Waals surface area (Å²) >= 11 is 0. The van der Waals surface area contributed by atoms with Gasteiger partial charge in [0.25, 0.3) is 10.1 Å². The first-order chi connectivity index (χ1) is 7.25.